The van der Waals surface area contributed by atoms with Gasteiger partial charge in [-0.05, 0) is 6.07 Å². The maximum atomic E-state index is 10.8. The largest absolute Gasteiger partial charge is 0.321 e. The number of nitrogens with zero attached hydrogens (tertiary/aromatic N) is 1. The average Bonchev–Trinajstić information content (AvgIpc) is 2.09. The highest BCUT2D eigenvalue weighted by molar-refractivity contribution is 6.42. The highest BCUT2D eigenvalue weighted by Crippen LogP contribution is 2.33. The molecule has 0 unspecified atom stereocenters. The Morgan fingerprint density at radius 1 is 1.40 bits per heavy atom. The van der Waals surface area contributed by atoms with Crippen LogP contribution in [-0.2, 0) is 4.79 Å². The Labute approximate surface area is 95.1 Å². The summed E-state index contributed by atoms with van der Waals surface area (Å²) in [4.78, 5) is 20.7. The summed E-state index contributed by atoms with van der Waals surface area (Å²) in [5.74, 6) is -0.420. The van der Waals surface area contributed by atoms with Crippen LogP contribution in [0.4, 0.5) is 11.4 Å². The van der Waals surface area contributed by atoms with Crippen molar-refractivity contribution < 1.29 is 9.72 Å². The van der Waals surface area contributed by atoms with Gasteiger partial charge in [-0.3, -0.25) is 14.9 Å². The van der Waals surface area contributed by atoms with Crippen LogP contribution in [0.1, 0.15) is 6.92 Å². The van der Waals surface area contributed by atoms with Crippen LogP contribution in [0.3, 0.4) is 0 Å². The summed E-state index contributed by atoms with van der Waals surface area (Å²) in [7, 11) is 0. The normalized spacial score (nSPS) is 9.80. The van der Waals surface area contributed by atoms with Gasteiger partial charge in [0.15, 0.2) is 0 Å². The summed E-state index contributed by atoms with van der Waals surface area (Å²) in [6.07, 6.45) is 0. The molecule has 0 saturated heterocycles. The highest BCUT2D eigenvalue weighted by atomic mass is 35.5. The first kappa shape index (κ1) is 11.7. The van der Waals surface area contributed by atoms with E-state index in [0.717, 1.165) is 6.07 Å². The predicted molar refractivity (Wildman–Crippen MR) is 57.4 cm³/mol. The number of nitrogens with one attached hydrogen (secondary N) is 1. The lowest BCUT2D eigenvalue weighted by molar-refractivity contribution is -0.383. The number of anilines is 1. The van der Waals surface area contributed by atoms with Gasteiger partial charge in [-0.25, -0.2) is 0 Å². The Kier molecular flexibility index (Phi) is 3.49. The van der Waals surface area contributed by atoms with E-state index in [1.54, 1.807) is 0 Å². The number of carbonyl (C=O) groups is 1. The fourth-order valence-electron chi connectivity index (χ4n) is 0.977. The molecule has 0 aliphatic rings. The lowest BCUT2D eigenvalue weighted by Gasteiger charge is -2.04. The van der Waals surface area contributed by atoms with Gasteiger partial charge in [0.1, 0.15) is 5.69 Å². The maximum absolute atomic E-state index is 10.8. The molecule has 1 rings (SSSR count). The van der Waals surface area contributed by atoms with E-state index < -0.39 is 10.8 Å². The number of carbonyl (C=O) groups excluding carboxylic acids is 1. The number of nitro groups is 1. The van der Waals surface area contributed by atoms with Gasteiger partial charge in [-0.2, -0.15) is 0 Å². The average molecular weight is 249 g/mol. The SMILES string of the molecule is CC(=O)Nc1cc(Cl)c(Cl)cc1[N+](=O)[O-]. The first-order valence-corrected chi connectivity index (χ1v) is 4.58. The molecule has 5 nitrogen and oxygen atoms in total. The number of amides is 1. The smallest absolute Gasteiger partial charge is 0.294 e. The first-order chi connectivity index (χ1) is 6.91. The number of rotatable bonds is 2. The minimum absolute atomic E-state index is 0.0295. The molecule has 0 fully saturated rings. The molecule has 1 amide bonds. The van der Waals surface area contributed by atoms with E-state index in [2.05, 4.69) is 5.32 Å². The molecule has 0 radical (unpaired) electrons. The second kappa shape index (κ2) is 4.46. The second-order valence-corrected chi connectivity index (χ2v) is 3.54. The molecule has 0 bridgehead atoms. The molecular formula is C8H6Cl2N2O3. The van der Waals surface area contributed by atoms with Gasteiger partial charge in [-0.15, -0.1) is 0 Å². The maximum Gasteiger partial charge on any atom is 0.294 e. The molecule has 80 valence electrons. The van der Waals surface area contributed by atoms with Crippen LogP contribution in [0.25, 0.3) is 0 Å². The summed E-state index contributed by atoms with van der Waals surface area (Å²) < 4.78 is 0. The van der Waals surface area contributed by atoms with Crippen LogP contribution in [-0.4, -0.2) is 10.8 Å². The molecule has 0 spiro atoms. The third-order valence-electron chi connectivity index (χ3n) is 1.55. The third kappa shape index (κ3) is 2.81. The highest BCUT2D eigenvalue weighted by Gasteiger charge is 2.17. The molecule has 1 aromatic rings. The van der Waals surface area contributed by atoms with Crippen LogP contribution in [0.2, 0.25) is 10.0 Å². The summed E-state index contributed by atoms with van der Waals surface area (Å²) >= 11 is 11.3. The van der Waals surface area contributed by atoms with Crippen molar-refractivity contribution in [3.05, 3.63) is 32.3 Å². The van der Waals surface area contributed by atoms with Crippen LogP contribution in [0.5, 0.6) is 0 Å². The number of nitro benzene ring substituents is 1. The van der Waals surface area contributed by atoms with Gasteiger partial charge < -0.3 is 5.32 Å². The van der Waals surface area contributed by atoms with Gasteiger partial charge >= 0.3 is 0 Å². The molecule has 0 aliphatic carbocycles. The van der Waals surface area contributed by atoms with E-state index in [0.29, 0.717) is 0 Å². The van der Waals surface area contributed by atoms with Gasteiger partial charge in [0.05, 0.1) is 15.0 Å². The quantitative estimate of drug-likeness (QED) is 0.646. The fraction of sp³-hybridized carbons (Fsp3) is 0.125. The van der Waals surface area contributed by atoms with E-state index in [9.17, 15) is 14.9 Å². The zero-order chi connectivity index (χ0) is 11.6. The molecule has 0 aromatic heterocycles. The topological polar surface area (TPSA) is 72.2 Å². The van der Waals surface area contributed by atoms with Crippen LogP contribution >= 0.6 is 23.2 Å². The van der Waals surface area contributed by atoms with E-state index >= 15 is 0 Å². The third-order valence-corrected chi connectivity index (χ3v) is 2.27. The summed E-state index contributed by atoms with van der Waals surface area (Å²) in [5.41, 5.74) is -0.262. The minimum atomic E-state index is -0.645. The molecule has 1 N–H and O–H groups in total. The van der Waals surface area contributed by atoms with Crippen molar-refractivity contribution in [3.63, 3.8) is 0 Å². The van der Waals surface area contributed by atoms with Crippen molar-refractivity contribution in [1.29, 1.82) is 0 Å². The van der Waals surface area contributed by atoms with Crippen molar-refractivity contribution in [2.45, 2.75) is 6.92 Å². The zero-order valence-electron chi connectivity index (χ0n) is 7.58. The Bertz CT molecular complexity index is 434. The minimum Gasteiger partial charge on any atom is -0.321 e. The van der Waals surface area contributed by atoms with E-state index in [1.165, 1.54) is 13.0 Å². The van der Waals surface area contributed by atoms with Crippen molar-refractivity contribution in [3.8, 4) is 0 Å². The Morgan fingerprint density at radius 2 is 1.93 bits per heavy atom. The molecule has 0 atom stereocenters. The van der Waals surface area contributed by atoms with Gasteiger partial charge in [0, 0.05) is 13.0 Å². The zero-order valence-corrected chi connectivity index (χ0v) is 9.09. The van der Waals surface area contributed by atoms with Gasteiger partial charge in [-0.1, -0.05) is 23.2 Å². The number of hydrogen-bond acceptors (Lipinski definition) is 3. The molecule has 7 heteroatoms. The van der Waals surface area contributed by atoms with Gasteiger partial charge in [0.25, 0.3) is 5.69 Å². The first-order valence-electron chi connectivity index (χ1n) is 3.83. The summed E-state index contributed by atoms with van der Waals surface area (Å²) in [6, 6.07) is 2.33. The summed E-state index contributed by atoms with van der Waals surface area (Å²) in [6.45, 7) is 1.24. The summed E-state index contributed by atoms with van der Waals surface area (Å²) in [5, 5.41) is 13.1. The Morgan fingerprint density at radius 3 is 2.40 bits per heavy atom. The molecule has 15 heavy (non-hydrogen) atoms. The van der Waals surface area contributed by atoms with E-state index in [4.69, 9.17) is 23.2 Å². The van der Waals surface area contributed by atoms with Crippen molar-refractivity contribution in [2.75, 3.05) is 5.32 Å². The van der Waals surface area contributed by atoms with Crippen LogP contribution < -0.4 is 5.32 Å². The molecule has 1 aromatic carbocycles. The second-order valence-electron chi connectivity index (χ2n) is 2.72. The lowest BCUT2D eigenvalue weighted by Crippen LogP contribution is -2.08. The lowest BCUT2D eigenvalue weighted by atomic mass is 10.2. The molecular weight excluding hydrogens is 243 g/mol. The number of hydrogen-bond donors (Lipinski definition) is 1. The van der Waals surface area contributed by atoms with E-state index in [1.807, 2.05) is 0 Å². The predicted octanol–water partition coefficient (Wildman–Crippen LogP) is 2.86. The number of benzene rings is 1. The Hall–Kier alpha value is -1.33. The molecule has 0 heterocycles. The van der Waals surface area contributed by atoms with Crippen LogP contribution in [0.15, 0.2) is 12.1 Å². The van der Waals surface area contributed by atoms with Crippen molar-refractivity contribution >= 4 is 40.5 Å². The van der Waals surface area contributed by atoms with Crippen molar-refractivity contribution in [1.82, 2.24) is 0 Å². The number of halogens is 2. The Balaban J connectivity index is 3.28. The monoisotopic (exact) mass is 248 g/mol. The standard InChI is InChI=1S/C8H6Cl2N2O3/c1-4(13)11-7-2-5(9)6(10)3-8(7)12(14)15/h2-3H,1H3,(H,11,13). The molecule has 0 saturated carbocycles. The van der Waals surface area contributed by atoms with Gasteiger partial charge in [0.2, 0.25) is 5.91 Å². The van der Waals surface area contributed by atoms with Crippen molar-refractivity contribution in [2.24, 2.45) is 0 Å². The molecule has 0 aliphatic heterocycles. The van der Waals surface area contributed by atoms with Crippen LogP contribution in [0, 0.1) is 10.1 Å². The van der Waals surface area contributed by atoms with E-state index in [-0.39, 0.29) is 21.4 Å². The fourth-order valence-corrected chi connectivity index (χ4v) is 1.30.